The van der Waals surface area contributed by atoms with Gasteiger partial charge in [0.15, 0.2) is 0 Å². The van der Waals surface area contributed by atoms with E-state index in [0.29, 0.717) is 5.92 Å². The van der Waals surface area contributed by atoms with Gasteiger partial charge in [-0.3, -0.25) is 0 Å². The first-order valence-electron chi connectivity index (χ1n) is 5.33. The summed E-state index contributed by atoms with van der Waals surface area (Å²) in [6, 6.07) is 4.21. The molecule has 0 fully saturated rings. The first-order chi connectivity index (χ1) is 6.58. The first-order valence-corrected chi connectivity index (χ1v) is 6.21. The smallest absolute Gasteiger partial charge is 0.0671 e. The van der Waals surface area contributed by atoms with Crippen molar-refractivity contribution in [3.63, 3.8) is 0 Å². The van der Waals surface area contributed by atoms with Crippen LogP contribution < -0.4 is 0 Å². The van der Waals surface area contributed by atoms with Gasteiger partial charge in [0.2, 0.25) is 0 Å². The van der Waals surface area contributed by atoms with Crippen LogP contribution in [0.1, 0.15) is 38.5 Å². The number of rotatable bonds is 5. The van der Waals surface area contributed by atoms with Crippen molar-refractivity contribution >= 4 is 11.3 Å². The van der Waals surface area contributed by atoms with Gasteiger partial charge >= 0.3 is 0 Å². The molecule has 14 heavy (non-hydrogen) atoms. The minimum absolute atomic E-state index is 0.340. The highest BCUT2D eigenvalue weighted by Crippen LogP contribution is 2.27. The molecule has 1 N–H and O–H groups in total. The van der Waals surface area contributed by atoms with Crippen LogP contribution in [0.4, 0.5) is 0 Å². The summed E-state index contributed by atoms with van der Waals surface area (Å²) in [7, 11) is 0. The molecular weight excluding hydrogens is 192 g/mol. The van der Waals surface area contributed by atoms with Gasteiger partial charge in [0.1, 0.15) is 0 Å². The van der Waals surface area contributed by atoms with Crippen molar-refractivity contribution in [3.05, 3.63) is 22.4 Å². The third kappa shape index (κ3) is 2.82. The molecule has 2 heteroatoms. The van der Waals surface area contributed by atoms with E-state index in [-0.39, 0.29) is 0 Å². The topological polar surface area (TPSA) is 20.2 Å². The molecule has 0 aliphatic carbocycles. The van der Waals surface area contributed by atoms with E-state index in [1.165, 1.54) is 4.88 Å². The van der Waals surface area contributed by atoms with Crippen LogP contribution in [0.25, 0.3) is 0 Å². The highest BCUT2D eigenvalue weighted by Gasteiger charge is 2.28. The molecule has 1 aromatic heterocycles. The monoisotopic (exact) mass is 212 g/mol. The molecule has 0 amide bonds. The lowest BCUT2D eigenvalue weighted by molar-refractivity contribution is -0.0160. The van der Waals surface area contributed by atoms with Crippen LogP contribution >= 0.6 is 11.3 Å². The summed E-state index contributed by atoms with van der Waals surface area (Å²) >= 11 is 1.77. The Morgan fingerprint density at radius 1 is 1.50 bits per heavy atom. The Balaban J connectivity index is 2.50. The quantitative estimate of drug-likeness (QED) is 0.792. The van der Waals surface area contributed by atoms with Crippen LogP contribution in [-0.4, -0.2) is 10.7 Å². The van der Waals surface area contributed by atoms with Crippen molar-refractivity contribution in [2.24, 2.45) is 5.92 Å². The SMILES string of the molecule is CCC(O)(CCc1cccs1)C(C)C. The standard InChI is InChI=1S/C12H20OS/c1-4-12(13,10(2)3)8-7-11-6-5-9-14-11/h5-6,9-10,13H,4,7-8H2,1-3H3. The minimum atomic E-state index is -0.482. The lowest BCUT2D eigenvalue weighted by Crippen LogP contribution is -2.34. The van der Waals surface area contributed by atoms with Crippen LogP contribution in [0.5, 0.6) is 0 Å². The molecule has 0 aromatic carbocycles. The number of thiophene rings is 1. The molecule has 1 rings (SSSR count). The van der Waals surface area contributed by atoms with Gasteiger partial charge < -0.3 is 5.11 Å². The molecule has 1 atom stereocenters. The van der Waals surface area contributed by atoms with E-state index < -0.39 is 5.60 Å². The summed E-state index contributed by atoms with van der Waals surface area (Å²) in [6.45, 7) is 6.25. The number of hydrogen-bond acceptors (Lipinski definition) is 2. The fourth-order valence-corrected chi connectivity index (χ4v) is 2.38. The highest BCUT2D eigenvalue weighted by molar-refractivity contribution is 7.09. The molecule has 1 aromatic rings. The fourth-order valence-electron chi connectivity index (χ4n) is 1.67. The van der Waals surface area contributed by atoms with E-state index in [9.17, 15) is 5.11 Å². The van der Waals surface area contributed by atoms with Crippen molar-refractivity contribution in [1.29, 1.82) is 0 Å². The van der Waals surface area contributed by atoms with E-state index in [1.54, 1.807) is 11.3 Å². The molecule has 80 valence electrons. The normalized spacial score (nSPS) is 15.8. The van der Waals surface area contributed by atoms with Crippen LogP contribution in [0.2, 0.25) is 0 Å². The lowest BCUT2D eigenvalue weighted by Gasteiger charge is -2.30. The van der Waals surface area contributed by atoms with Crippen LogP contribution in [-0.2, 0) is 6.42 Å². The van der Waals surface area contributed by atoms with Crippen LogP contribution in [0.3, 0.4) is 0 Å². The van der Waals surface area contributed by atoms with Crippen LogP contribution in [0, 0.1) is 5.92 Å². The lowest BCUT2D eigenvalue weighted by atomic mass is 9.83. The predicted octanol–water partition coefficient (Wildman–Crippen LogP) is 3.48. The Morgan fingerprint density at radius 3 is 2.64 bits per heavy atom. The zero-order chi connectivity index (χ0) is 10.6. The number of aliphatic hydroxyl groups is 1. The Kier molecular flexibility index (Phi) is 4.14. The zero-order valence-corrected chi connectivity index (χ0v) is 10.1. The Bertz CT molecular complexity index is 253. The van der Waals surface area contributed by atoms with Gasteiger partial charge in [0.05, 0.1) is 5.60 Å². The number of aryl methyl sites for hydroxylation is 1. The number of hydrogen-bond donors (Lipinski definition) is 1. The maximum Gasteiger partial charge on any atom is 0.0671 e. The zero-order valence-electron chi connectivity index (χ0n) is 9.29. The first kappa shape index (κ1) is 11.7. The average Bonchev–Trinajstić information content (AvgIpc) is 2.66. The maximum atomic E-state index is 10.3. The summed E-state index contributed by atoms with van der Waals surface area (Å²) in [4.78, 5) is 1.37. The second kappa shape index (κ2) is 4.94. The van der Waals surface area contributed by atoms with E-state index in [1.807, 2.05) is 0 Å². The van der Waals surface area contributed by atoms with Crippen LogP contribution in [0.15, 0.2) is 17.5 Å². The van der Waals surface area contributed by atoms with Gasteiger partial charge in [-0.2, -0.15) is 0 Å². The fraction of sp³-hybridized carbons (Fsp3) is 0.667. The van der Waals surface area contributed by atoms with E-state index in [4.69, 9.17) is 0 Å². The molecule has 0 aliphatic rings. The van der Waals surface area contributed by atoms with Gasteiger partial charge in [-0.05, 0) is 36.6 Å². The summed E-state index contributed by atoms with van der Waals surface area (Å²) < 4.78 is 0. The van der Waals surface area contributed by atoms with Crippen molar-refractivity contribution in [2.75, 3.05) is 0 Å². The van der Waals surface area contributed by atoms with Gasteiger partial charge in [-0.1, -0.05) is 26.8 Å². The molecular formula is C12H20OS. The molecule has 1 heterocycles. The van der Waals surface area contributed by atoms with Gasteiger partial charge in [-0.15, -0.1) is 11.3 Å². The summed E-state index contributed by atoms with van der Waals surface area (Å²) in [5.74, 6) is 0.340. The van der Waals surface area contributed by atoms with Crippen molar-refractivity contribution < 1.29 is 5.11 Å². The van der Waals surface area contributed by atoms with Gasteiger partial charge in [0.25, 0.3) is 0 Å². The Labute approximate surface area is 90.8 Å². The molecule has 0 radical (unpaired) electrons. The van der Waals surface area contributed by atoms with E-state index in [0.717, 1.165) is 19.3 Å². The summed E-state index contributed by atoms with van der Waals surface area (Å²) in [5, 5.41) is 12.4. The molecule has 1 nitrogen and oxygen atoms in total. The van der Waals surface area contributed by atoms with E-state index in [2.05, 4.69) is 38.3 Å². The largest absolute Gasteiger partial charge is 0.390 e. The molecule has 0 bridgehead atoms. The predicted molar refractivity (Wildman–Crippen MR) is 62.7 cm³/mol. The second-order valence-corrected chi connectivity index (χ2v) is 5.22. The van der Waals surface area contributed by atoms with Gasteiger partial charge in [0, 0.05) is 4.88 Å². The summed E-state index contributed by atoms with van der Waals surface area (Å²) in [5.41, 5.74) is -0.482. The summed E-state index contributed by atoms with van der Waals surface area (Å²) in [6.07, 6.45) is 2.72. The molecule has 0 saturated heterocycles. The third-order valence-electron chi connectivity index (χ3n) is 3.07. The minimum Gasteiger partial charge on any atom is -0.390 e. The van der Waals surface area contributed by atoms with Crippen molar-refractivity contribution in [1.82, 2.24) is 0 Å². The van der Waals surface area contributed by atoms with Crippen molar-refractivity contribution in [3.8, 4) is 0 Å². The van der Waals surface area contributed by atoms with Gasteiger partial charge in [-0.25, -0.2) is 0 Å². The highest BCUT2D eigenvalue weighted by atomic mass is 32.1. The molecule has 0 spiro atoms. The molecule has 1 unspecified atom stereocenters. The maximum absolute atomic E-state index is 10.3. The Hall–Kier alpha value is -0.340. The average molecular weight is 212 g/mol. The van der Waals surface area contributed by atoms with Crippen molar-refractivity contribution in [2.45, 2.75) is 45.6 Å². The molecule has 0 aliphatic heterocycles. The third-order valence-corrected chi connectivity index (χ3v) is 4.01. The second-order valence-electron chi connectivity index (χ2n) is 4.19. The Morgan fingerprint density at radius 2 is 2.21 bits per heavy atom. The van der Waals surface area contributed by atoms with E-state index >= 15 is 0 Å². The molecule has 0 saturated carbocycles.